The van der Waals surface area contributed by atoms with Crippen molar-refractivity contribution in [2.45, 2.75) is 46.8 Å². The fourth-order valence-electron chi connectivity index (χ4n) is 1.58. The van der Waals surface area contributed by atoms with Gasteiger partial charge in [-0.1, -0.05) is 32.9 Å². The van der Waals surface area contributed by atoms with Crippen LogP contribution in [0.3, 0.4) is 0 Å². The van der Waals surface area contributed by atoms with E-state index >= 15 is 0 Å². The van der Waals surface area contributed by atoms with Gasteiger partial charge in [-0.15, -0.1) is 5.10 Å². The quantitative estimate of drug-likeness (QED) is 0.796. The van der Waals surface area contributed by atoms with Gasteiger partial charge < -0.3 is 5.11 Å². The van der Waals surface area contributed by atoms with E-state index in [0.717, 1.165) is 12.2 Å². The smallest absolute Gasteiger partial charge is 0.112 e. The van der Waals surface area contributed by atoms with Crippen molar-refractivity contribution < 1.29 is 5.11 Å². The van der Waals surface area contributed by atoms with Crippen molar-refractivity contribution in [2.75, 3.05) is 0 Å². The maximum Gasteiger partial charge on any atom is 0.112 e. The molecule has 0 aromatic carbocycles. The van der Waals surface area contributed by atoms with Crippen LogP contribution in [0.2, 0.25) is 0 Å². The normalized spacial score (nSPS) is 11.6. The second kappa shape index (κ2) is 4.55. The third kappa shape index (κ3) is 2.32. The molecule has 0 atom stereocenters. The molecule has 0 radical (unpaired) electrons. The van der Waals surface area contributed by atoms with Crippen molar-refractivity contribution >= 4 is 0 Å². The first-order valence-electron chi connectivity index (χ1n) is 5.09. The van der Waals surface area contributed by atoms with Crippen LogP contribution in [0, 0.1) is 5.92 Å². The number of hydrogen-bond acceptors (Lipinski definition) is 3. The summed E-state index contributed by atoms with van der Waals surface area (Å²) >= 11 is 0. The largest absolute Gasteiger partial charge is 0.390 e. The van der Waals surface area contributed by atoms with Gasteiger partial charge in [0.2, 0.25) is 0 Å². The van der Waals surface area contributed by atoms with Crippen LogP contribution >= 0.6 is 0 Å². The molecule has 0 saturated carbocycles. The number of aromatic nitrogens is 3. The molecule has 1 aromatic rings. The van der Waals surface area contributed by atoms with E-state index in [9.17, 15) is 0 Å². The Bertz CT molecular complexity index is 292. The molecule has 1 aromatic heterocycles. The van der Waals surface area contributed by atoms with Gasteiger partial charge in [0.05, 0.1) is 12.3 Å². The van der Waals surface area contributed by atoms with Gasteiger partial charge in [-0.3, -0.25) is 0 Å². The minimum Gasteiger partial charge on any atom is -0.390 e. The van der Waals surface area contributed by atoms with Crippen LogP contribution in [0.4, 0.5) is 0 Å². The molecule has 0 aliphatic heterocycles. The monoisotopic (exact) mass is 197 g/mol. The highest BCUT2D eigenvalue weighted by Crippen LogP contribution is 2.18. The highest BCUT2D eigenvalue weighted by atomic mass is 16.3. The zero-order valence-corrected chi connectivity index (χ0v) is 9.36. The van der Waals surface area contributed by atoms with Gasteiger partial charge in [-0.25, -0.2) is 4.68 Å². The summed E-state index contributed by atoms with van der Waals surface area (Å²) in [5.41, 5.74) is 1.77. The van der Waals surface area contributed by atoms with Crippen molar-refractivity contribution in [1.82, 2.24) is 15.0 Å². The fourth-order valence-corrected chi connectivity index (χ4v) is 1.58. The standard InChI is InChI=1S/C10H19N3O/c1-7(2)5-13-10(8(3)4)9(6-14)11-12-13/h7-8,14H,5-6H2,1-4H3. The van der Waals surface area contributed by atoms with Crippen LogP contribution in [0.1, 0.15) is 45.0 Å². The topological polar surface area (TPSA) is 50.9 Å². The molecule has 0 fully saturated rings. The highest BCUT2D eigenvalue weighted by molar-refractivity contribution is 5.13. The van der Waals surface area contributed by atoms with Crippen molar-refractivity contribution in [1.29, 1.82) is 0 Å². The molecule has 1 heterocycles. The summed E-state index contributed by atoms with van der Waals surface area (Å²) in [7, 11) is 0. The van der Waals surface area contributed by atoms with E-state index in [1.54, 1.807) is 0 Å². The van der Waals surface area contributed by atoms with Crippen LogP contribution in [-0.4, -0.2) is 20.1 Å². The molecule has 80 valence electrons. The van der Waals surface area contributed by atoms with E-state index in [2.05, 4.69) is 38.0 Å². The summed E-state index contributed by atoms with van der Waals surface area (Å²) in [6, 6.07) is 0. The third-order valence-electron chi connectivity index (χ3n) is 2.08. The lowest BCUT2D eigenvalue weighted by molar-refractivity contribution is 0.274. The van der Waals surface area contributed by atoms with Crippen molar-refractivity contribution in [3.8, 4) is 0 Å². The average Bonchev–Trinajstić information content (AvgIpc) is 2.46. The predicted molar refractivity (Wildman–Crippen MR) is 54.9 cm³/mol. The first kappa shape index (κ1) is 11.2. The fraction of sp³-hybridized carbons (Fsp3) is 0.800. The molecular weight excluding hydrogens is 178 g/mol. The Hall–Kier alpha value is -0.900. The maximum atomic E-state index is 9.10. The molecule has 0 aliphatic rings. The second-order valence-corrected chi connectivity index (χ2v) is 4.31. The average molecular weight is 197 g/mol. The number of nitrogens with zero attached hydrogens (tertiary/aromatic N) is 3. The van der Waals surface area contributed by atoms with Crippen LogP contribution in [0.15, 0.2) is 0 Å². The summed E-state index contributed by atoms with van der Waals surface area (Å²) in [6.07, 6.45) is 0. The Morgan fingerprint density at radius 3 is 2.36 bits per heavy atom. The van der Waals surface area contributed by atoms with Crippen LogP contribution < -0.4 is 0 Å². The predicted octanol–water partition coefficient (Wildman–Crippen LogP) is 1.55. The third-order valence-corrected chi connectivity index (χ3v) is 2.08. The first-order valence-corrected chi connectivity index (χ1v) is 5.09. The number of rotatable bonds is 4. The lowest BCUT2D eigenvalue weighted by Crippen LogP contribution is -2.11. The Kier molecular flexibility index (Phi) is 3.63. The Balaban J connectivity index is 2.98. The summed E-state index contributed by atoms with van der Waals surface area (Å²) in [5.74, 6) is 0.895. The minimum atomic E-state index is -0.0222. The highest BCUT2D eigenvalue weighted by Gasteiger charge is 2.15. The zero-order chi connectivity index (χ0) is 10.7. The first-order chi connectivity index (χ1) is 6.56. The van der Waals surface area contributed by atoms with E-state index in [0.29, 0.717) is 17.5 Å². The molecule has 0 aliphatic carbocycles. The lowest BCUT2D eigenvalue weighted by Gasteiger charge is -2.11. The van der Waals surface area contributed by atoms with E-state index < -0.39 is 0 Å². The maximum absolute atomic E-state index is 9.10. The van der Waals surface area contributed by atoms with Crippen LogP contribution in [-0.2, 0) is 13.2 Å². The lowest BCUT2D eigenvalue weighted by atomic mass is 10.1. The molecule has 0 spiro atoms. The van der Waals surface area contributed by atoms with Gasteiger partial charge in [0, 0.05) is 6.54 Å². The summed E-state index contributed by atoms with van der Waals surface area (Å²) in [5, 5.41) is 17.1. The summed E-state index contributed by atoms with van der Waals surface area (Å²) in [4.78, 5) is 0. The van der Waals surface area contributed by atoms with Gasteiger partial charge in [-0.05, 0) is 11.8 Å². The van der Waals surface area contributed by atoms with Gasteiger partial charge >= 0.3 is 0 Å². The van der Waals surface area contributed by atoms with Crippen molar-refractivity contribution in [3.63, 3.8) is 0 Å². The van der Waals surface area contributed by atoms with E-state index in [1.165, 1.54) is 0 Å². The SMILES string of the molecule is CC(C)Cn1nnc(CO)c1C(C)C. The molecule has 0 amide bonds. The second-order valence-electron chi connectivity index (χ2n) is 4.31. The number of aliphatic hydroxyl groups excluding tert-OH is 1. The molecule has 1 rings (SSSR count). The molecule has 4 heteroatoms. The van der Waals surface area contributed by atoms with Gasteiger partial charge in [-0.2, -0.15) is 0 Å². The number of aliphatic hydroxyl groups is 1. The Morgan fingerprint density at radius 1 is 1.29 bits per heavy atom. The molecular formula is C10H19N3O. The van der Waals surface area contributed by atoms with E-state index in [4.69, 9.17) is 5.11 Å². The van der Waals surface area contributed by atoms with Crippen molar-refractivity contribution in [2.24, 2.45) is 5.92 Å². The molecule has 14 heavy (non-hydrogen) atoms. The molecule has 0 saturated heterocycles. The van der Waals surface area contributed by atoms with Gasteiger partial charge in [0.25, 0.3) is 0 Å². The summed E-state index contributed by atoms with van der Waals surface area (Å²) in [6.45, 7) is 9.31. The number of hydrogen-bond donors (Lipinski definition) is 1. The van der Waals surface area contributed by atoms with E-state index in [1.807, 2.05) is 4.68 Å². The Morgan fingerprint density at radius 2 is 1.93 bits per heavy atom. The molecule has 1 N–H and O–H groups in total. The summed E-state index contributed by atoms with van der Waals surface area (Å²) < 4.78 is 1.90. The van der Waals surface area contributed by atoms with Crippen molar-refractivity contribution in [3.05, 3.63) is 11.4 Å². The molecule has 4 nitrogen and oxygen atoms in total. The zero-order valence-electron chi connectivity index (χ0n) is 9.36. The minimum absolute atomic E-state index is 0.0222. The van der Waals surface area contributed by atoms with Gasteiger partial charge in [0.1, 0.15) is 5.69 Å². The molecule has 0 bridgehead atoms. The van der Waals surface area contributed by atoms with Crippen LogP contribution in [0.25, 0.3) is 0 Å². The molecule has 0 unspecified atom stereocenters. The van der Waals surface area contributed by atoms with Crippen LogP contribution in [0.5, 0.6) is 0 Å². The van der Waals surface area contributed by atoms with E-state index in [-0.39, 0.29) is 6.61 Å². The Labute approximate surface area is 84.9 Å². The van der Waals surface area contributed by atoms with Gasteiger partial charge in [0.15, 0.2) is 0 Å².